The first-order valence-electron chi connectivity index (χ1n) is 8.22. The average molecular weight is 346 g/mol. The quantitative estimate of drug-likeness (QED) is 0.758. The van der Waals surface area contributed by atoms with Gasteiger partial charge in [-0.25, -0.2) is 4.79 Å². The zero-order valence-corrected chi connectivity index (χ0v) is 14.2. The van der Waals surface area contributed by atoms with Gasteiger partial charge in [-0.15, -0.1) is 0 Å². The minimum atomic E-state index is -0.832. The van der Waals surface area contributed by atoms with Crippen LogP contribution in [0.5, 0.6) is 11.5 Å². The van der Waals surface area contributed by atoms with E-state index < -0.39 is 24.0 Å². The van der Waals surface area contributed by atoms with E-state index in [1.165, 1.54) is 0 Å². The van der Waals surface area contributed by atoms with Gasteiger partial charge in [0.2, 0.25) is 0 Å². The Bertz CT molecular complexity index is 630. The van der Waals surface area contributed by atoms with Gasteiger partial charge < -0.3 is 19.5 Å². The van der Waals surface area contributed by atoms with Gasteiger partial charge in [0, 0.05) is 0 Å². The highest BCUT2D eigenvalue weighted by atomic mass is 16.6. The Kier molecular flexibility index (Phi) is 6.63. The molecule has 1 amide bonds. The topological polar surface area (TPSA) is 97.7 Å². The Balaban J connectivity index is 1.71. The molecule has 1 saturated carbocycles. The van der Waals surface area contributed by atoms with Crippen molar-refractivity contribution in [2.45, 2.75) is 37.6 Å². The van der Waals surface area contributed by atoms with Crippen LogP contribution in [0, 0.1) is 11.3 Å². The van der Waals surface area contributed by atoms with Crippen LogP contribution in [0.15, 0.2) is 24.3 Å². The van der Waals surface area contributed by atoms with Gasteiger partial charge in [0.25, 0.3) is 5.91 Å². The third-order valence-electron chi connectivity index (χ3n) is 4.08. The zero-order chi connectivity index (χ0) is 18.1. The fourth-order valence-corrected chi connectivity index (χ4v) is 2.72. The number of carbonyl (C=O) groups excluding carboxylic acids is 2. The van der Waals surface area contributed by atoms with Crippen LogP contribution >= 0.6 is 0 Å². The molecule has 1 aromatic rings. The first kappa shape index (κ1) is 18.6. The van der Waals surface area contributed by atoms with Crippen LogP contribution in [0.3, 0.4) is 0 Å². The molecule has 0 radical (unpaired) electrons. The van der Waals surface area contributed by atoms with Gasteiger partial charge >= 0.3 is 5.97 Å². The van der Waals surface area contributed by atoms with E-state index >= 15 is 0 Å². The third-order valence-corrected chi connectivity index (χ3v) is 4.08. The Morgan fingerprint density at radius 1 is 1.12 bits per heavy atom. The van der Waals surface area contributed by atoms with Gasteiger partial charge in [-0.05, 0) is 37.1 Å². The highest BCUT2D eigenvalue weighted by Gasteiger charge is 2.33. The van der Waals surface area contributed by atoms with E-state index in [2.05, 4.69) is 11.4 Å². The molecule has 0 spiro atoms. The van der Waals surface area contributed by atoms with Crippen molar-refractivity contribution in [3.8, 4) is 17.6 Å². The molecule has 0 unspecified atom stereocenters. The maximum atomic E-state index is 11.9. The molecule has 25 heavy (non-hydrogen) atoms. The van der Waals surface area contributed by atoms with Gasteiger partial charge in [-0.3, -0.25) is 4.79 Å². The SMILES string of the molecule is COc1ccc(OCC(=O)OCC(=O)NC2(C#N)CCCCC2)cc1. The summed E-state index contributed by atoms with van der Waals surface area (Å²) < 4.78 is 15.2. The van der Waals surface area contributed by atoms with Gasteiger partial charge in [-0.1, -0.05) is 19.3 Å². The number of nitrogens with one attached hydrogen (secondary N) is 1. The second-order valence-corrected chi connectivity index (χ2v) is 5.93. The predicted octanol–water partition coefficient (Wildman–Crippen LogP) is 1.96. The van der Waals surface area contributed by atoms with Crippen molar-refractivity contribution in [3.05, 3.63) is 24.3 Å². The number of hydrogen-bond donors (Lipinski definition) is 1. The predicted molar refractivity (Wildman–Crippen MR) is 89.0 cm³/mol. The molecule has 7 nitrogen and oxygen atoms in total. The van der Waals surface area contributed by atoms with Crippen molar-refractivity contribution in [1.82, 2.24) is 5.32 Å². The summed E-state index contributed by atoms with van der Waals surface area (Å²) in [4.78, 5) is 23.6. The van der Waals surface area contributed by atoms with Gasteiger partial charge in [0.05, 0.1) is 13.2 Å². The molecule has 0 aliphatic heterocycles. The van der Waals surface area contributed by atoms with Crippen LogP contribution < -0.4 is 14.8 Å². The van der Waals surface area contributed by atoms with Crippen LogP contribution in [0.2, 0.25) is 0 Å². The number of carbonyl (C=O) groups is 2. The molecule has 0 heterocycles. The van der Waals surface area contributed by atoms with E-state index in [1.54, 1.807) is 31.4 Å². The van der Waals surface area contributed by atoms with Crippen LogP contribution in [0.1, 0.15) is 32.1 Å². The summed E-state index contributed by atoms with van der Waals surface area (Å²) in [6, 6.07) is 8.93. The van der Waals surface area contributed by atoms with Crippen molar-refractivity contribution < 1.29 is 23.8 Å². The van der Waals surface area contributed by atoms with E-state index in [0.717, 1.165) is 19.3 Å². The van der Waals surface area contributed by atoms with Crippen LogP contribution in [0.25, 0.3) is 0 Å². The molecule has 7 heteroatoms. The monoisotopic (exact) mass is 346 g/mol. The maximum absolute atomic E-state index is 11.9. The molecule has 1 fully saturated rings. The van der Waals surface area contributed by atoms with Crippen molar-refractivity contribution in [3.63, 3.8) is 0 Å². The summed E-state index contributed by atoms with van der Waals surface area (Å²) in [6.45, 7) is -0.725. The van der Waals surface area contributed by atoms with Crippen molar-refractivity contribution in [2.24, 2.45) is 0 Å². The number of benzene rings is 1. The van der Waals surface area contributed by atoms with Gasteiger partial charge in [0.1, 0.15) is 17.0 Å². The van der Waals surface area contributed by atoms with Gasteiger partial charge in [0.15, 0.2) is 13.2 Å². The summed E-state index contributed by atoms with van der Waals surface area (Å²) in [5.74, 6) is 0.0513. The zero-order valence-electron chi connectivity index (χ0n) is 14.2. The molecule has 1 aromatic carbocycles. The molecule has 2 rings (SSSR count). The molecule has 0 bridgehead atoms. The highest BCUT2D eigenvalue weighted by Crippen LogP contribution is 2.27. The second-order valence-electron chi connectivity index (χ2n) is 5.93. The summed E-state index contributed by atoms with van der Waals surface area (Å²) in [6.07, 6.45) is 4.14. The highest BCUT2D eigenvalue weighted by molar-refractivity contribution is 5.81. The standard InChI is InChI=1S/C18H22N2O5/c1-23-14-5-7-15(8-6-14)24-12-17(22)25-11-16(21)20-18(13-19)9-3-2-4-10-18/h5-8H,2-4,9-12H2,1H3,(H,20,21). The Hall–Kier alpha value is -2.75. The smallest absolute Gasteiger partial charge is 0.344 e. The maximum Gasteiger partial charge on any atom is 0.344 e. The number of nitriles is 1. The molecule has 134 valence electrons. The molecule has 1 aliphatic rings. The van der Waals surface area contributed by atoms with Crippen molar-refractivity contribution in [2.75, 3.05) is 20.3 Å². The normalized spacial score (nSPS) is 15.5. The van der Waals surface area contributed by atoms with E-state index in [0.29, 0.717) is 24.3 Å². The molecule has 0 saturated heterocycles. The minimum absolute atomic E-state index is 0.303. The lowest BCUT2D eigenvalue weighted by Crippen LogP contribution is -2.50. The van der Waals surface area contributed by atoms with E-state index in [4.69, 9.17) is 14.2 Å². The number of methoxy groups -OCH3 is 1. The number of hydrogen-bond acceptors (Lipinski definition) is 6. The summed E-state index contributed by atoms with van der Waals surface area (Å²) in [7, 11) is 1.56. The number of ether oxygens (including phenoxy) is 3. The number of amides is 1. The lowest BCUT2D eigenvalue weighted by atomic mass is 9.83. The Labute approximate surface area is 146 Å². The largest absolute Gasteiger partial charge is 0.497 e. The lowest BCUT2D eigenvalue weighted by molar-refractivity contribution is -0.150. The molecule has 1 aliphatic carbocycles. The van der Waals surface area contributed by atoms with Crippen molar-refractivity contribution in [1.29, 1.82) is 5.26 Å². The van der Waals surface area contributed by atoms with E-state index in [1.807, 2.05) is 0 Å². The first-order valence-corrected chi connectivity index (χ1v) is 8.22. The average Bonchev–Trinajstić information content (AvgIpc) is 2.66. The first-order chi connectivity index (χ1) is 12.1. The molecular formula is C18H22N2O5. The third kappa shape index (κ3) is 5.68. The molecule has 1 N–H and O–H groups in total. The summed E-state index contributed by atoms with van der Waals surface area (Å²) in [5.41, 5.74) is -0.832. The van der Waals surface area contributed by atoms with Crippen LogP contribution in [0.4, 0.5) is 0 Å². The summed E-state index contributed by atoms with van der Waals surface area (Å²) in [5, 5.41) is 12.0. The van der Waals surface area contributed by atoms with E-state index in [-0.39, 0.29) is 6.61 Å². The number of rotatable bonds is 7. The van der Waals surface area contributed by atoms with E-state index in [9.17, 15) is 14.9 Å². The minimum Gasteiger partial charge on any atom is -0.497 e. The number of nitrogens with zero attached hydrogens (tertiary/aromatic N) is 1. The van der Waals surface area contributed by atoms with Crippen molar-refractivity contribution >= 4 is 11.9 Å². The second kappa shape index (κ2) is 8.92. The number of esters is 1. The summed E-state index contributed by atoms with van der Waals surface area (Å²) >= 11 is 0. The molecule has 0 aromatic heterocycles. The Morgan fingerprint density at radius 3 is 2.36 bits per heavy atom. The lowest BCUT2D eigenvalue weighted by Gasteiger charge is -2.31. The molecule has 0 atom stereocenters. The fraction of sp³-hybridized carbons (Fsp3) is 0.500. The molecular weight excluding hydrogens is 324 g/mol. The van der Waals surface area contributed by atoms with Crippen LogP contribution in [-0.2, 0) is 14.3 Å². The van der Waals surface area contributed by atoms with Crippen LogP contribution in [-0.4, -0.2) is 37.7 Å². The Morgan fingerprint density at radius 2 is 1.76 bits per heavy atom. The fourth-order valence-electron chi connectivity index (χ4n) is 2.72. The van der Waals surface area contributed by atoms with Gasteiger partial charge in [-0.2, -0.15) is 5.26 Å².